The van der Waals surface area contributed by atoms with Gasteiger partial charge in [-0.3, -0.25) is 0 Å². The van der Waals surface area contributed by atoms with Crippen LogP contribution in [0.5, 0.6) is 0 Å². The summed E-state index contributed by atoms with van der Waals surface area (Å²) in [5, 5.41) is 3.34. The summed E-state index contributed by atoms with van der Waals surface area (Å²) >= 11 is 0. The highest BCUT2D eigenvalue weighted by Gasteiger charge is 2.38. The van der Waals surface area contributed by atoms with Crippen LogP contribution in [0.15, 0.2) is 35.1 Å². The van der Waals surface area contributed by atoms with Crippen molar-refractivity contribution in [2.75, 3.05) is 0 Å². The van der Waals surface area contributed by atoms with Crippen molar-refractivity contribution in [1.82, 2.24) is 5.32 Å². The quantitative estimate of drug-likeness (QED) is 0.494. The first-order valence-electron chi connectivity index (χ1n) is 3.83. The number of rotatable bonds is 0. The van der Waals surface area contributed by atoms with Crippen molar-refractivity contribution in [3.63, 3.8) is 0 Å². The van der Waals surface area contributed by atoms with Crippen LogP contribution in [-0.4, -0.2) is 6.04 Å². The van der Waals surface area contributed by atoms with Crippen LogP contribution in [0.25, 0.3) is 0 Å². The molecule has 3 rings (SSSR count). The molecule has 1 unspecified atom stereocenters. The third kappa shape index (κ3) is 0.441. The Morgan fingerprint density at radius 3 is 3.40 bits per heavy atom. The molecule has 0 aromatic rings. The van der Waals surface area contributed by atoms with Gasteiger partial charge < -0.3 is 5.32 Å². The molecule has 1 N–H and O–H groups in total. The first-order valence-corrected chi connectivity index (χ1v) is 3.83. The Bertz CT molecular complexity index is 281. The van der Waals surface area contributed by atoms with Crippen molar-refractivity contribution in [2.45, 2.75) is 18.9 Å². The van der Waals surface area contributed by atoms with Crippen molar-refractivity contribution >= 4 is 0 Å². The van der Waals surface area contributed by atoms with E-state index in [4.69, 9.17) is 0 Å². The molecule has 1 saturated heterocycles. The van der Waals surface area contributed by atoms with Crippen molar-refractivity contribution in [3.8, 4) is 0 Å². The van der Waals surface area contributed by atoms with Crippen LogP contribution < -0.4 is 5.32 Å². The maximum absolute atomic E-state index is 3.34. The number of nitrogens with one attached hydrogen (secondary N) is 1. The maximum Gasteiger partial charge on any atom is 0.0881 e. The van der Waals surface area contributed by atoms with Gasteiger partial charge in [-0.1, -0.05) is 12.2 Å². The van der Waals surface area contributed by atoms with Crippen LogP contribution in [0.3, 0.4) is 0 Å². The molecule has 1 aliphatic heterocycles. The molecule has 0 bridgehead atoms. The van der Waals surface area contributed by atoms with Gasteiger partial charge in [0.05, 0.1) is 6.04 Å². The van der Waals surface area contributed by atoms with Crippen LogP contribution in [0.4, 0.5) is 0 Å². The normalized spacial score (nSPS) is 32.8. The molecule has 50 valence electrons. The van der Waals surface area contributed by atoms with Gasteiger partial charge in [0.1, 0.15) is 0 Å². The number of allylic oxidation sites excluding steroid dienone is 4. The van der Waals surface area contributed by atoms with Crippen LogP contribution in [-0.2, 0) is 0 Å². The van der Waals surface area contributed by atoms with Gasteiger partial charge in [-0.15, -0.1) is 0 Å². The van der Waals surface area contributed by atoms with Crippen molar-refractivity contribution in [3.05, 3.63) is 35.1 Å². The van der Waals surface area contributed by atoms with Gasteiger partial charge in [0.15, 0.2) is 0 Å². The first-order chi connectivity index (χ1) is 4.95. The fourth-order valence-corrected chi connectivity index (χ4v) is 1.84. The zero-order valence-electron chi connectivity index (χ0n) is 5.72. The van der Waals surface area contributed by atoms with E-state index in [1.807, 2.05) is 0 Å². The molecular weight excluding hydrogens is 122 g/mol. The lowest BCUT2D eigenvalue weighted by Gasteiger charge is -2.08. The maximum atomic E-state index is 3.34. The summed E-state index contributed by atoms with van der Waals surface area (Å²) in [4.78, 5) is 0. The highest BCUT2D eigenvalue weighted by Crippen LogP contribution is 2.39. The van der Waals surface area contributed by atoms with Gasteiger partial charge in [-0.2, -0.15) is 0 Å². The van der Waals surface area contributed by atoms with E-state index in [1.165, 1.54) is 24.1 Å². The van der Waals surface area contributed by atoms with E-state index >= 15 is 0 Å². The van der Waals surface area contributed by atoms with Crippen molar-refractivity contribution in [1.29, 1.82) is 0 Å². The first kappa shape index (κ1) is 4.78. The third-order valence-electron chi connectivity index (χ3n) is 2.45. The summed E-state index contributed by atoms with van der Waals surface area (Å²) in [6, 6.07) is 0.667. The van der Waals surface area contributed by atoms with Crippen LogP contribution in [0.2, 0.25) is 0 Å². The molecule has 1 heteroatoms. The molecule has 0 aromatic carbocycles. The highest BCUT2D eigenvalue weighted by molar-refractivity contribution is 5.58. The van der Waals surface area contributed by atoms with E-state index in [0.717, 1.165) is 0 Å². The van der Waals surface area contributed by atoms with E-state index in [9.17, 15) is 0 Å². The zero-order valence-corrected chi connectivity index (χ0v) is 5.72. The average Bonchev–Trinajstić information content (AvgIpc) is 2.64. The largest absolute Gasteiger partial charge is 0.374 e. The molecule has 1 nitrogen and oxygen atoms in total. The molecule has 0 saturated carbocycles. The summed E-state index contributed by atoms with van der Waals surface area (Å²) in [5.74, 6) is 0. The lowest BCUT2D eigenvalue weighted by Crippen LogP contribution is -2.00. The van der Waals surface area contributed by atoms with Gasteiger partial charge in [-0.05, 0) is 30.1 Å². The van der Waals surface area contributed by atoms with E-state index < -0.39 is 0 Å². The van der Waals surface area contributed by atoms with Crippen molar-refractivity contribution < 1.29 is 0 Å². The summed E-state index contributed by atoms with van der Waals surface area (Å²) < 4.78 is 0. The second-order valence-corrected chi connectivity index (χ2v) is 3.10. The van der Waals surface area contributed by atoms with E-state index in [-0.39, 0.29) is 0 Å². The molecule has 2 aliphatic carbocycles. The monoisotopic (exact) mass is 131 g/mol. The Morgan fingerprint density at radius 2 is 2.50 bits per heavy atom. The summed E-state index contributed by atoms with van der Waals surface area (Å²) in [6.07, 6.45) is 9.29. The fourth-order valence-electron chi connectivity index (χ4n) is 1.84. The minimum atomic E-state index is 0.667. The van der Waals surface area contributed by atoms with E-state index in [0.29, 0.717) is 6.04 Å². The molecule has 0 aromatic heterocycles. The van der Waals surface area contributed by atoms with E-state index in [1.54, 1.807) is 5.57 Å². The molecular formula is C9H9N. The number of hydrogen-bond acceptors (Lipinski definition) is 1. The molecule has 1 heterocycles. The predicted octanol–water partition coefficient (Wildman–Crippen LogP) is 1.50. The Labute approximate surface area is 60.1 Å². The Kier molecular flexibility index (Phi) is 0.652. The minimum absolute atomic E-state index is 0.667. The fraction of sp³-hybridized carbons (Fsp3) is 0.333. The Balaban J connectivity index is 2.11. The number of dihydropyridines is 1. The number of hydrogen-bond donors (Lipinski definition) is 1. The second kappa shape index (κ2) is 1.36. The molecule has 3 aliphatic rings. The van der Waals surface area contributed by atoms with Crippen LogP contribution >= 0.6 is 0 Å². The SMILES string of the molecule is C1=CC2=C(CC1)C1NC1=C2. The zero-order chi connectivity index (χ0) is 6.55. The predicted molar refractivity (Wildman–Crippen MR) is 40.4 cm³/mol. The van der Waals surface area contributed by atoms with Gasteiger partial charge in [-0.25, -0.2) is 0 Å². The third-order valence-corrected chi connectivity index (χ3v) is 2.45. The average molecular weight is 131 g/mol. The van der Waals surface area contributed by atoms with Crippen LogP contribution in [0, 0.1) is 0 Å². The van der Waals surface area contributed by atoms with Gasteiger partial charge >= 0.3 is 0 Å². The molecule has 10 heavy (non-hydrogen) atoms. The minimum Gasteiger partial charge on any atom is -0.374 e. The molecule has 0 spiro atoms. The summed E-state index contributed by atoms with van der Waals surface area (Å²) in [7, 11) is 0. The molecule has 0 radical (unpaired) electrons. The molecule has 1 fully saturated rings. The van der Waals surface area contributed by atoms with Gasteiger partial charge in [0, 0.05) is 5.70 Å². The van der Waals surface area contributed by atoms with Gasteiger partial charge in [0.25, 0.3) is 0 Å². The highest BCUT2D eigenvalue weighted by atomic mass is 15.1. The summed E-state index contributed by atoms with van der Waals surface area (Å²) in [5.41, 5.74) is 4.54. The number of fused-ring (bicyclic) bond motifs is 2. The smallest absolute Gasteiger partial charge is 0.0881 e. The Hall–Kier alpha value is -0.980. The standard InChI is InChI=1S/C9H9N/c1-2-4-7-6(3-1)5-8-9(7)10-8/h1,3,5,9-10H,2,4H2. The topological polar surface area (TPSA) is 21.9 Å². The van der Waals surface area contributed by atoms with Gasteiger partial charge in [0.2, 0.25) is 0 Å². The lowest BCUT2D eigenvalue weighted by molar-refractivity contribution is 0.894. The van der Waals surface area contributed by atoms with Crippen LogP contribution in [0.1, 0.15) is 12.8 Å². The second-order valence-electron chi connectivity index (χ2n) is 3.10. The lowest BCUT2D eigenvalue weighted by atomic mass is 9.99. The Morgan fingerprint density at radius 1 is 1.50 bits per heavy atom. The van der Waals surface area contributed by atoms with E-state index in [2.05, 4.69) is 23.5 Å². The summed E-state index contributed by atoms with van der Waals surface area (Å²) in [6.45, 7) is 0. The molecule has 0 amide bonds. The van der Waals surface area contributed by atoms with Crippen molar-refractivity contribution in [2.24, 2.45) is 0 Å². The molecule has 1 atom stereocenters.